The van der Waals surface area contributed by atoms with Gasteiger partial charge in [0.25, 0.3) is 0 Å². The first-order valence-corrected chi connectivity index (χ1v) is 3.95. The summed E-state index contributed by atoms with van der Waals surface area (Å²) < 4.78 is 4.55. The second-order valence-corrected chi connectivity index (χ2v) is 2.70. The molecule has 0 spiro atoms. The minimum Gasteiger partial charge on any atom is -0.448 e. The molecule has 1 heterocycles. The van der Waals surface area contributed by atoms with Gasteiger partial charge in [-0.2, -0.15) is 0 Å². The van der Waals surface area contributed by atoms with Crippen molar-refractivity contribution < 1.29 is 9.53 Å². The van der Waals surface area contributed by atoms with Crippen molar-refractivity contribution in [1.29, 1.82) is 5.41 Å². The lowest BCUT2D eigenvalue weighted by molar-refractivity contribution is 0.149. The van der Waals surface area contributed by atoms with Gasteiger partial charge in [0.2, 0.25) is 0 Å². The Labute approximate surface area is 71.0 Å². The molecular weight excluding hydrogens is 158 g/mol. The van der Waals surface area contributed by atoms with Gasteiger partial charge < -0.3 is 15.4 Å². The van der Waals surface area contributed by atoms with E-state index < -0.39 is 6.09 Å². The Morgan fingerprint density at radius 2 is 2.50 bits per heavy atom. The van der Waals surface area contributed by atoms with Crippen LogP contribution in [0.2, 0.25) is 0 Å². The van der Waals surface area contributed by atoms with E-state index in [1.165, 1.54) is 0 Å². The molecule has 3 N–H and O–H groups in total. The maximum Gasteiger partial charge on any atom is 0.404 e. The Hall–Kier alpha value is -1.26. The number of nitrogens with zero attached hydrogens (tertiary/aromatic N) is 1. The summed E-state index contributed by atoms with van der Waals surface area (Å²) in [6.07, 6.45) is 1.10. The number of carbonyl (C=O) groups excluding carboxylic acids is 1. The fraction of sp³-hybridized carbons (Fsp3) is 0.714. The number of primary amides is 1. The number of hydrogen-bond donors (Lipinski definition) is 2. The van der Waals surface area contributed by atoms with Gasteiger partial charge in [-0.3, -0.25) is 5.41 Å². The molecule has 12 heavy (non-hydrogen) atoms. The van der Waals surface area contributed by atoms with Crippen LogP contribution >= 0.6 is 0 Å². The number of amides is 1. The number of hydrogen-bond acceptors (Lipinski definition) is 3. The van der Waals surface area contributed by atoms with Gasteiger partial charge in [0.05, 0.1) is 12.4 Å². The maximum absolute atomic E-state index is 10.2. The van der Waals surface area contributed by atoms with Crippen LogP contribution in [0.4, 0.5) is 4.79 Å². The monoisotopic (exact) mass is 171 g/mol. The molecule has 0 aromatic carbocycles. The van der Waals surface area contributed by atoms with Gasteiger partial charge in [0.1, 0.15) is 6.61 Å². The van der Waals surface area contributed by atoms with Gasteiger partial charge in [0.15, 0.2) is 0 Å². The van der Waals surface area contributed by atoms with E-state index in [1.54, 1.807) is 0 Å². The van der Waals surface area contributed by atoms with E-state index in [9.17, 15) is 4.79 Å². The third-order valence-electron chi connectivity index (χ3n) is 1.83. The molecule has 0 atom stereocenters. The van der Waals surface area contributed by atoms with Gasteiger partial charge in [-0.05, 0) is 6.42 Å². The fourth-order valence-corrected chi connectivity index (χ4v) is 1.23. The van der Waals surface area contributed by atoms with Gasteiger partial charge in [-0.15, -0.1) is 0 Å². The summed E-state index contributed by atoms with van der Waals surface area (Å²) in [5.74, 6) is 0.628. The van der Waals surface area contributed by atoms with Crippen LogP contribution in [0.5, 0.6) is 0 Å². The first kappa shape index (κ1) is 8.83. The maximum atomic E-state index is 10.2. The number of ether oxygens (including phenoxy) is 1. The van der Waals surface area contributed by atoms with E-state index >= 15 is 0 Å². The zero-order chi connectivity index (χ0) is 8.97. The molecule has 5 nitrogen and oxygen atoms in total. The van der Waals surface area contributed by atoms with Gasteiger partial charge >= 0.3 is 6.09 Å². The molecule has 1 amide bonds. The Kier molecular flexibility index (Phi) is 2.90. The van der Waals surface area contributed by atoms with Crippen molar-refractivity contribution in [3.63, 3.8) is 0 Å². The first-order valence-electron chi connectivity index (χ1n) is 3.95. The smallest absolute Gasteiger partial charge is 0.404 e. The van der Waals surface area contributed by atoms with Crippen molar-refractivity contribution in [3.05, 3.63) is 0 Å². The Morgan fingerprint density at radius 1 is 1.75 bits per heavy atom. The van der Waals surface area contributed by atoms with Crippen LogP contribution in [0.25, 0.3) is 0 Å². The van der Waals surface area contributed by atoms with Crippen LogP contribution < -0.4 is 5.73 Å². The van der Waals surface area contributed by atoms with Gasteiger partial charge in [0, 0.05) is 13.0 Å². The Morgan fingerprint density at radius 3 is 3.00 bits per heavy atom. The van der Waals surface area contributed by atoms with Crippen LogP contribution in [-0.4, -0.2) is 36.5 Å². The lowest BCUT2D eigenvalue weighted by Crippen LogP contribution is -2.29. The molecule has 0 aromatic rings. The quantitative estimate of drug-likeness (QED) is 0.634. The topological polar surface area (TPSA) is 79.4 Å². The standard InChI is InChI=1S/C7H13N3O2/c8-6-2-1-3-10(6)4-5-12-7(9)11/h8H,1-5H2,(H2,9,11). The molecular formula is C7H13N3O2. The minimum absolute atomic E-state index is 0.276. The number of nitrogens with two attached hydrogens (primary N) is 1. The van der Waals surface area contributed by atoms with Crippen LogP contribution in [0.3, 0.4) is 0 Å². The number of nitrogens with one attached hydrogen (secondary N) is 1. The van der Waals surface area contributed by atoms with Crippen molar-refractivity contribution in [1.82, 2.24) is 4.90 Å². The van der Waals surface area contributed by atoms with Crippen molar-refractivity contribution in [2.24, 2.45) is 5.73 Å². The number of rotatable bonds is 3. The van der Waals surface area contributed by atoms with Crippen molar-refractivity contribution in [2.45, 2.75) is 12.8 Å². The molecule has 0 bridgehead atoms. The number of carbonyl (C=O) groups is 1. The van der Waals surface area contributed by atoms with Crippen LogP contribution in [-0.2, 0) is 4.74 Å². The molecule has 1 aliphatic rings. The van der Waals surface area contributed by atoms with Gasteiger partial charge in [-0.25, -0.2) is 4.79 Å². The van der Waals surface area contributed by atoms with Crippen LogP contribution in [0.1, 0.15) is 12.8 Å². The fourth-order valence-electron chi connectivity index (χ4n) is 1.23. The SMILES string of the molecule is N=C1CCCN1CCOC(N)=O. The summed E-state index contributed by atoms with van der Waals surface area (Å²) in [6.45, 7) is 1.75. The van der Waals surface area contributed by atoms with Crippen LogP contribution in [0.15, 0.2) is 0 Å². The second-order valence-electron chi connectivity index (χ2n) is 2.70. The summed E-state index contributed by atoms with van der Waals surface area (Å²) in [5, 5.41) is 7.45. The zero-order valence-corrected chi connectivity index (χ0v) is 6.88. The van der Waals surface area contributed by atoms with E-state index in [4.69, 9.17) is 11.1 Å². The molecule has 0 radical (unpaired) electrons. The number of amidine groups is 1. The summed E-state index contributed by atoms with van der Waals surface area (Å²) in [6, 6.07) is 0. The molecule has 0 saturated carbocycles. The highest BCUT2D eigenvalue weighted by molar-refractivity contribution is 5.80. The van der Waals surface area contributed by atoms with Crippen LogP contribution in [0, 0.1) is 5.41 Å². The molecule has 0 aliphatic carbocycles. The highest BCUT2D eigenvalue weighted by Gasteiger charge is 2.15. The Bertz CT molecular complexity index is 193. The predicted molar refractivity (Wildman–Crippen MR) is 44.1 cm³/mol. The van der Waals surface area contributed by atoms with Crippen molar-refractivity contribution in [3.8, 4) is 0 Å². The van der Waals surface area contributed by atoms with Crippen molar-refractivity contribution >= 4 is 11.9 Å². The third kappa shape index (κ3) is 2.41. The average Bonchev–Trinajstić information content (AvgIpc) is 2.36. The number of likely N-dealkylation sites (tertiary alicyclic amines) is 1. The molecule has 1 aliphatic heterocycles. The Balaban J connectivity index is 2.14. The lowest BCUT2D eigenvalue weighted by atomic mass is 10.4. The third-order valence-corrected chi connectivity index (χ3v) is 1.83. The average molecular weight is 171 g/mol. The molecule has 1 saturated heterocycles. The molecule has 1 rings (SSSR count). The summed E-state index contributed by atoms with van der Waals surface area (Å²) in [7, 11) is 0. The molecule has 68 valence electrons. The summed E-state index contributed by atoms with van der Waals surface area (Å²) in [4.78, 5) is 12.1. The molecule has 1 fully saturated rings. The molecule has 0 unspecified atom stereocenters. The zero-order valence-electron chi connectivity index (χ0n) is 6.88. The first-order chi connectivity index (χ1) is 5.70. The van der Waals surface area contributed by atoms with E-state index in [0.29, 0.717) is 12.4 Å². The second kappa shape index (κ2) is 3.94. The van der Waals surface area contributed by atoms with Gasteiger partial charge in [-0.1, -0.05) is 0 Å². The highest BCUT2D eigenvalue weighted by atomic mass is 16.5. The predicted octanol–water partition coefficient (Wildman–Crippen LogP) is 0.155. The van der Waals surface area contributed by atoms with E-state index in [0.717, 1.165) is 19.4 Å². The van der Waals surface area contributed by atoms with E-state index in [2.05, 4.69) is 4.74 Å². The summed E-state index contributed by atoms with van der Waals surface area (Å²) >= 11 is 0. The highest BCUT2D eigenvalue weighted by Crippen LogP contribution is 2.08. The van der Waals surface area contributed by atoms with E-state index in [1.807, 2.05) is 4.90 Å². The normalized spacial score (nSPS) is 16.7. The lowest BCUT2D eigenvalue weighted by Gasteiger charge is -2.16. The molecule has 0 aromatic heterocycles. The largest absolute Gasteiger partial charge is 0.448 e. The van der Waals surface area contributed by atoms with E-state index in [-0.39, 0.29) is 6.61 Å². The molecule has 5 heteroatoms. The minimum atomic E-state index is -0.749. The van der Waals surface area contributed by atoms with Crippen molar-refractivity contribution in [2.75, 3.05) is 19.7 Å². The summed E-state index contributed by atoms with van der Waals surface area (Å²) in [5.41, 5.74) is 4.78.